The maximum Gasteiger partial charge on any atom is 0.234 e. The lowest BCUT2D eigenvalue weighted by molar-refractivity contribution is -0.113. The molecule has 0 aliphatic heterocycles. The van der Waals surface area contributed by atoms with Crippen LogP contribution in [-0.2, 0) is 11.8 Å². The summed E-state index contributed by atoms with van der Waals surface area (Å²) in [5.41, 5.74) is 1.24. The minimum Gasteiger partial charge on any atom is -0.324 e. The summed E-state index contributed by atoms with van der Waals surface area (Å²) in [7, 11) is 1.81. The molecule has 1 aromatic heterocycles. The molecule has 1 N–H and O–H groups in total. The Bertz CT molecular complexity index is 1010. The largest absolute Gasteiger partial charge is 0.324 e. The van der Waals surface area contributed by atoms with Crippen LogP contribution in [-0.4, -0.2) is 26.4 Å². The Balaban J connectivity index is 1.68. The molecule has 140 valence electrons. The highest BCUT2D eigenvalue weighted by Crippen LogP contribution is 2.29. The number of aromatic nitrogens is 3. The van der Waals surface area contributed by atoms with E-state index in [1.165, 1.54) is 11.8 Å². The number of nitrogens with zero attached hydrogens (tertiary/aromatic N) is 3. The van der Waals surface area contributed by atoms with Gasteiger partial charge < -0.3 is 9.88 Å². The first kappa shape index (κ1) is 20.3. The Labute approximate surface area is 180 Å². The summed E-state index contributed by atoms with van der Waals surface area (Å²) >= 11 is 25.2. The number of hydrogen-bond acceptors (Lipinski definition) is 4. The molecule has 2 aromatic carbocycles. The van der Waals surface area contributed by atoms with Crippen molar-refractivity contribution in [1.82, 2.24) is 14.8 Å². The molecule has 0 aliphatic carbocycles. The van der Waals surface area contributed by atoms with Crippen LogP contribution in [0.1, 0.15) is 0 Å². The van der Waals surface area contributed by atoms with Crippen molar-refractivity contribution in [1.29, 1.82) is 0 Å². The first-order chi connectivity index (χ1) is 12.8. The topological polar surface area (TPSA) is 59.8 Å². The third-order valence-electron chi connectivity index (χ3n) is 3.55. The zero-order valence-electron chi connectivity index (χ0n) is 13.8. The van der Waals surface area contributed by atoms with Crippen LogP contribution in [0.3, 0.4) is 0 Å². The van der Waals surface area contributed by atoms with Crippen molar-refractivity contribution in [3.8, 4) is 11.4 Å². The Morgan fingerprint density at radius 1 is 1.04 bits per heavy atom. The van der Waals surface area contributed by atoms with E-state index in [1.807, 2.05) is 7.05 Å². The molecule has 0 saturated heterocycles. The minimum absolute atomic E-state index is 0.135. The number of carbonyl (C=O) groups excluding carboxylic acids is 1. The van der Waals surface area contributed by atoms with Gasteiger partial charge in [-0.05, 0) is 36.4 Å². The van der Waals surface area contributed by atoms with Crippen LogP contribution in [0.15, 0.2) is 41.6 Å². The summed E-state index contributed by atoms with van der Waals surface area (Å²) in [6, 6.07) is 10.1. The Kier molecular flexibility index (Phi) is 6.55. The lowest BCUT2D eigenvalue weighted by Gasteiger charge is -2.08. The number of amides is 1. The number of hydrogen-bond donors (Lipinski definition) is 1. The highest BCUT2D eigenvalue weighted by molar-refractivity contribution is 7.99. The quantitative estimate of drug-likeness (QED) is 0.485. The molecular formula is C17H12Cl4N4OS. The first-order valence-corrected chi connectivity index (χ1v) is 10.1. The van der Waals surface area contributed by atoms with Crippen LogP contribution in [0.2, 0.25) is 20.1 Å². The van der Waals surface area contributed by atoms with Crippen LogP contribution >= 0.6 is 58.2 Å². The minimum atomic E-state index is -0.233. The van der Waals surface area contributed by atoms with E-state index in [9.17, 15) is 4.79 Å². The lowest BCUT2D eigenvalue weighted by Crippen LogP contribution is -2.14. The summed E-state index contributed by atoms with van der Waals surface area (Å²) in [4.78, 5) is 12.2. The van der Waals surface area contributed by atoms with Gasteiger partial charge in [0.05, 0.1) is 26.5 Å². The molecule has 0 radical (unpaired) electrons. The Morgan fingerprint density at radius 2 is 1.78 bits per heavy atom. The summed E-state index contributed by atoms with van der Waals surface area (Å²) in [6.45, 7) is 0. The van der Waals surface area contributed by atoms with Gasteiger partial charge in [-0.1, -0.05) is 58.2 Å². The highest BCUT2D eigenvalue weighted by Gasteiger charge is 2.14. The fraction of sp³-hybridized carbons (Fsp3) is 0.118. The average molecular weight is 462 g/mol. The van der Waals surface area contributed by atoms with Gasteiger partial charge >= 0.3 is 0 Å². The van der Waals surface area contributed by atoms with E-state index >= 15 is 0 Å². The van der Waals surface area contributed by atoms with Gasteiger partial charge in [-0.2, -0.15) is 0 Å². The van der Waals surface area contributed by atoms with E-state index in [4.69, 9.17) is 46.4 Å². The molecule has 0 saturated carbocycles. The van der Waals surface area contributed by atoms with Gasteiger partial charge in [-0.3, -0.25) is 4.79 Å². The van der Waals surface area contributed by atoms with Crippen molar-refractivity contribution in [2.45, 2.75) is 5.16 Å². The average Bonchev–Trinajstić information content (AvgIpc) is 2.99. The smallest absolute Gasteiger partial charge is 0.234 e. The summed E-state index contributed by atoms with van der Waals surface area (Å²) in [6.07, 6.45) is 0. The van der Waals surface area contributed by atoms with E-state index in [1.54, 1.807) is 41.0 Å². The standard InChI is InChI=1S/C17H12Cl4N4OS/c1-25-16(9-2-4-11(19)13(21)6-9)23-24-17(25)27-8-15(26)22-14-7-10(18)3-5-12(14)20/h2-7H,8H2,1H3,(H,22,26). The molecule has 0 atom stereocenters. The second kappa shape index (κ2) is 8.71. The maximum atomic E-state index is 12.2. The number of carbonyl (C=O) groups is 1. The summed E-state index contributed by atoms with van der Waals surface area (Å²) in [5.74, 6) is 0.522. The summed E-state index contributed by atoms with van der Waals surface area (Å²) in [5, 5.41) is 13.4. The van der Waals surface area contributed by atoms with E-state index in [-0.39, 0.29) is 11.7 Å². The lowest BCUT2D eigenvalue weighted by atomic mass is 10.2. The molecule has 0 aliphatic rings. The molecule has 10 heteroatoms. The van der Waals surface area contributed by atoms with E-state index in [2.05, 4.69) is 15.5 Å². The number of nitrogens with one attached hydrogen (secondary N) is 1. The van der Waals surface area contributed by atoms with E-state index in [0.29, 0.717) is 36.8 Å². The second-order valence-electron chi connectivity index (χ2n) is 5.46. The fourth-order valence-electron chi connectivity index (χ4n) is 2.24. The number of rotatable bonds is 5. The third-order valence-corrected chi connectivity index (χ3v) is 5.87. The van der Waals surface area contributed by atoms with Crippen LogP contribution in [0.25, 0.3) is 11.4 Å². The van der Waals surface area contributed by atoms with Gasteiger partial charge in [0.25, 0.3) is 0 Å². The van der Waals surface area contributed by atoms with E-state index < -0.39 is 0 Å². The highest BCUT2D eigenvalue weighted by atomic mass is 35.5. The zero-order chi connectivity index (χ0) is 19.6. The molecule has 1 heterocycles. The Morgan fingerprint density at radius 3 is 2.52 bits per heavy atom. The SMILES string of the molecule is Cn1c(SCC(=O)Nc2cc(Cl)ccc2Cl)nnc1-c1ccc(Cl)c(Cl)c1. The van der Waals surface area contributed by atoms with Crippen LogP contribution < -0.4 is 5.32 Å². The van der Waals surface area contributed by atoms with Crippen LogP contribution in [0, 0.1) is 0 Å². The predicted molar refractivity (Wildman–Crippen MR) is 112 cm³/mol. The van der Waals surface area contributed by atoms with Gasteiger partial charge in [-0.25, -0.2) is 0 Å². The maximum absolute atomic E-state index is 12.2. The van der Waals surface area contributed by atoms with Crippen molar-refractivity contribution in [2.75, 3.05) is 11.1 Å². The van der Waals surface area contributed by atoms with Crippen molar-refractivity contribution < 1.29 is 4.79 Å². The molecule has 1 amide bonds. The van der Waals surface area contributed by atoms with Gasteiger partial charge in [0, 0.05) is 17.6 Å². The molecule has 0 fully saturated rings. The normalized spacial score (nSPS) is 10.9. The van der Waals surface area contributed by atoms with Gasteiger partial charge in [0.2, 0.25) is 5.91 Å². The van der Waals surface area contributed by atoms with Crippen LogP contribution in [0.4, 0.5) is 5.69 Å². The molecular weight excluding hydrogens is 450 g/mol. The van der Waals surface area contributed by atoms with Crippen molar-refractivity contribution >= 4 is 69.8 Å². The molecule has 0 unspecified atom stereocenters. The molecule has 5 nitrogen and oxygen atoms in total. The number of anilines is 1. The Hall–Kier alpha value is -1.44. The fourth-order valence-corrected chi connectivity index (χ4v) is 3.58. The monoisotopic (exact) mass is 460 g/mol. The predicted octanol–water partition coefficient (Wildman–Crippen LogP) is 5.83. The van der Waals surface area contributed by atoms with Crippen molar-refractivity contribution in [3.63, 3.8) is 0 Å². The number of benzene rings is 2. The number of halogens is 4. The molecule has 0 spiro atoms. The first-order valence-electron chi connectivity index (χ1n) is 7.57. The third kappa shape index (κ3) is 4.89. The van der Waals surface area contributed by atoms with E-state index in [0.717, 1.165) is 5.56 Å². The molecule has 3 rings (SSSR count). The van der Waals surface area contributed by atoms with Gasteiger partial charge in [0.15, 0.2) is 11.0 Å². The van der Waals surface area contributed by atoms with Crippen molar-refractivity contribution in [2.24, 2.45) is 7.05 Å². The zero-order valence-corrected chi connectivity index (χ0v) is 17.7. The molecule has 3 aromatic rings. The van der Waals surface area contributed by atoms with Crippen molar-refractivity contribution in [3.05, 3.63) is 56.5 Å². The van der Waals surface area contributed by atoms with Gasteiger partial charge in [-0.15, -0.1) is 10.2 Å². The molecule has 27 heavy (non-hydrogen) atoms. The second-order valence-corrected chi connectivity index (χ2v) is 8.06. The summed E-state index contributed by atoms with van der Waals surface area (Å²) < 4.78 is 1.78. The number of thioether (sulfide) groups is 1. The van der Waals surface area contributed by atoms with Gasteiger partial charge in [0.1, 0.15) is 0 Å². The van der Waals surface area contributed by atoms with Crippen LogP contribution in [0.5, 0.6) is 0 Å². The molecule has 0 bridgehead atoms.